The highest BCUT2D eigenvalue weighted by Crippen LogP contribution is 2.50. The Bertz CT molecular complexity index is 611. The number of hydrogen-bond acceptors (Lipinski definition) is 1. The molecule has 0 radical (unpaired) electrons. The normalized spacial score (nSPS) is 23.7. The number of rotatable bonds is 2. The molecular formula is C20H23N. The van der Waals surface area contributed by atoms with E-state index in [1.807, 2.05) is 0 Å². The lowest BCUT2D eigenvalue weighted by atomic mass is 9.68. The minimum atomic E-state index is 0.289. The molecule has 4 rings (SSSR count). The van der Waals surface area contributed by atoms with E-state index in [2.05, 4.69) is 59.9 Å². The number of hydrogen-bond donors (Lipinski definition) is 1. The fourth-order valence-corrected chi connectivity index (χ4v) is 4.52. The third-order valence-electron chi connectivity index (χ3n) is 5.51. The zero-order valence-corrected chi connectivity index (χ0v) is 12.5. The Hall–Kier alpha value is -1.60. The van der Waals surface area contributed by atoms with E-state index in [9.17, 15) is 0 Å². The van der Waals surface area contributed by atoms with Crippen LogP contribution >= 0.6 is 0 Å². The SMILES string of the molecule is c1ccc(C2(C3NCCc4ccccc43)CCCC2)cc1. The number of fused-ring (bicyclic) bond motifs is 1. The molecule has 1 atom stereocenters. The summed E-state index contributed by atoms with van der Waals surface area (Å²) in [5, 5.41) is 3.86. The molecule has 0 amide bonds. The van der Waals surface area contributed by atoms with Gasteiger partial charge in [0.15, 0.2) is 0 Å². The lowest BCUT2D eigenvalue weighted by molar-refractivity contribution is 0.290. The molecule has 2 aromatic carbocycles. The van der Waals surface area contributed by atoms with Crippen LogP contribution in [0.3, 0.4) is 0 Å². The second-order valence-electron chi connectivity index (χ2n) is 6.57. The maximum absolute atomic E-state index is 3.86. The molecule has 1 fully saturated rings. The maximum atomic E-state index is 3.86. The second-order valence-corrected chi connectivity index (χ2v) is 6.57. The molecule has 1 heteroatoms. The standard InChI is InChI=1S/C20H23N/c1-2-9-17(10-3-1)20(13-6-7-14-20)19-18-11-5-4-8-16(18)12-15-21-19/h1-5,8-11,19,21H,6-7,12-15H2. The van der Waals surface area contributed by atoms with Crippen molar-refractivity contribution in [3.8, 4) is 0 Å². The van der Waals surface area contributed by atoms with Crippen LogP contribution in [0.2, 0.25) is 0 Å². The first-order valence-electron chi connectivity index (χ1n) is 8.27. The minimum absolute atomic E-state index is 0.289. The van der Waals surface area contributed by atoms with Gasteiger partial charge in [0.1, 0.15) is 0 Å². The summed E-state index contributed by atoms with van der Waals surface area (Å²) in [4.78, 5) is 0. The van der Waals surface area contributed by atoms with Crippen LogP contribution in [0.5, 0.6) is 0 Å². The van der Waals surface area contributed by atoms with Gasteiger partial charge in [-0.25, -0.2) is 0 Å². The lowest BCUT2D eigenvalue weighted by Crippen LogP contribution is -2.43. The zero-order valence-electron chi connectivity index (χ0n) is 12.5. The van der Waals surface area contributed by atoms with Crippen molar-refractivity contribution in [1.29, 1.82) is 0 Å². The molecular weight excluding hydrogens is 254 g/mol. The van der Waals surface area contributed by atoms with E-state index >= 15 is 0 Å². The van der Waals surface area contributed by atoms with Crippen molar-refractivity contribution in [2.75, 3.05) is 6.54 Å². The van der Waals surface area contributed by atoms with Gasteiger partial charge >= 0.3 is 0 Å². The smallest absolute Gasteiger partial charge is 0.0421 e. The van der Waals surface area contributed by atoms with Gasteiger partial charge in [-0.1, -0.05) is 67.4 Å². The predicted molar refractivity (Wildman–Crippen MR) is 87.5 cm³/mol. The molecule has 0 bridgehead atoms. The van der Waals surface area contributed by atoms with Crippen LogP contribution in [0, 0.1) is 0 Å². The Balaban J connectivity index is 1.83. The van der Waals surface area contributed by atoms with Crippen molar-refractivity contribution in [1.82, 2.24) is 5.32 Å². The summed E-state index contributed by atoms with van der Waals surface area (Å²) >= 11 is 0. The van der Waals surface area contributed by atoms with E-state index < -0.39 is 0 Å². The van der Waals surface area contributed by atoms with E-state index in [0.717, 1.165) is 13.0 Å². The van der Waals surface area contributed by atoms with E-state index in [-0.39, 0.29) is 5.41 Å². The molecule has 21 heavy (non-hydrogen) atoms. The van der Waals surface area contributed by atoms with Crippen molar-refractivity contribution < 1.29 is 0 Å². The van der Waals surface area contributed by atoms with Gasteiger partial charge in [-0.15, -0.1) is 0 Å². The molecule has 2 aromatic rings. The lowest BCUT2D eigenvalue weighted by Gasteiger charge is -2.42. The van der Waals surface area contributed by atoms with Crippen molar-refractivity contribution in [3.05, 3.63) is 71.3 Å². The first-order chi connectivity index (χ1) is 10.4. The van der Waals surface area contributed by atoms with Crippen LogP contribution in [0.1, 0.15) is 48.4 Å². The summed E-state index contributed by atoms with van der Waals surface area (Å²) in [5.74, 6) is 0. The Morgan fingerprint density at radius 3 is 2.38 bits per heavy atom. The highest BCUT2D eigenvalue weighted by atomic mass is 14.9. The van der Waals surface area contributed by atoms with Crippen LogP contribution < -0.4 is 5.32 Å². The fourth-order valence-electron chi connectivity index (χ4n) is 4.52. The Labute approximate surface area is 127 Å². The van der Waals surface area contributed by atoms with Gasteiger partial charge in [0.2, 0.25) is 0 Å². The van der Waals surface area contributed by atoms with Gasteiger partial charge < -0.3 is 5.32 Å². The van der Waals surface area contributed by atoms with Crippen LogP contribution in [-0.2, 0) is 11.8 Å². The molecule has 108 valence electrons. The first-order valence-corrected chi connectivity index (χ1v) is 8.27. The summed E-state index contributed by atoms with van der Waals surface area (Å²) in [6.07, 6.45) is 6.49. The van der Waals surface area contributed by atoms with E-state index in [1.165, 1.54) is 36.8 Å². The third-order valence-corrected chi connectivity index (χ3v) is 5.51. The predicted octanol–water partition coefficient (Wildman–Crippen LogP) is 4.39. The topological polar surface area (TPSA) is 12.0 Å². The summed E-state index contributed by atoms with van der Waals surface area (Å²) in [5.41, 5.74) is 4.90. The van der Waals surface area contributed by atoms with Crippen molar-refractivity contribution in [2.24, 2.45) is 0 Å². The molecule has 1 unspecified atom stereocenters. The first kappa shape index (κ1) is 13.1. The zero-order chi connectivity index (χ0) is 14.1. The van der Waals surface area contributed by atoms with E-state index in [4.69, 9.17) is 0 Å². The van der Waals surface area contributed by atoms with Crippen molar-refractivity contribution in [3.63, 3.8) is 0 Å². The minimum Gasteiger partial charge on any atom is -0.309 e. The monoisotopic (exact) mass is 277 g/mol. The third kappa shape index (κ3) is 2.11. The van der Waals surface area contributed by atoms with Crippen molar-refractivity contribution in [2.45, 2.75) is 43.6 Å². The molecule has 1 saturated carbocycles. The largest absolute Gasteiger partial charge is 0.309 e. The fraction of sp³-hybridized carbons (Fsp3) is 0.400. The highest BCUT2D eigenvalue weighted by molar-refractivity contribution is 5.40. The van der Waals surface area contributed by atoms with Gasteiger partial charge in [-0.2, -0.15) is 0 Å². The van der Waals surface area contributed by atoms with Crippen LogP contribution in [0.15, 0.2) is 54.6 Å². The van der Waals surface area contributed by atoms with Gasteiger partial charge in [0, 0.05) is 11.5 Å². The summed E-state index contributed by atoms with van der Waals surface area (Å²) in [7, 11) is 0. The second kappa shape index (κ2) is 5.31. The summed E-state index contributed by atoms with van der Waals surface area (Å²) < 4.78 is 0. The van der Waals surface area contributed by atoms with Gasteiger partial charge in [-0.3, -0.25) is 0 Å². The van der Waals surface area contributed by atoms with Crippen LogP contribution in [0.4, 0.5) is 0 Å². The van der Waals surface area contributed by atoms with Gasteiger partial charge in [0.25, 0.3) is 0 Å². The van der Waals surface area contributed by atoms with Crippen molar-refractivity contribution >= 4 is 0 Å². The number of nitrogens with one attached hydrogen (secondary N) is 1. The molecule has 0 spiro atoms. The molecule has 1 heterocycles. The Morgan fingerprint density at radius 1 is 0.857 bits per heavy atom. The van der Waals surface area contributed by atoms with Crippen LogP contribution in [0.25, 0.3) is 0 Å². The molecule has 1 aliphatic carbocycles. The quantitative estimate of drug-likeness (QED) is 0.858. The van der Waals surface area contributed by atoms with Crippen LogP contribution in [-0.4, -0.2) is 6.54 Å². The molecule has 2 aliphatic rings. The molecule has 1 N–H and O–H groups in total. The molecule has 0 aromatic heterocycles. The molecule has 1 aliphatic heterocycles. The molecule has 1 nitrogen and oxygen atoms in total. The van der Waals surface area contributed by atoms with E-state index in [1.54, 1.807) is 5.56 Å². The summed E-state index contributed by atoms with van der Waals surface area (Å²) in [6.45, 7) is 1.11. The Morgan fingerprint density at radius 2 is 1.57 bits per heavy atom. The van der Waals surface area contributed by atoms with Gasteiger partial charge in [-0.05, 0) is 42.5 Å². The number of benzene rings is 2. The average Bonchev–Trinajstić information content (AvgIpc) is 3.06. The maximum Gasteiger partial charge on any atom is 0.0421 e. The Kier molecular flexibility index (Phi) is 3.31. The summed E-state index contributed by atoms with van der Waals surface area (Å²) in [6, 6.07) is 20.7. The molecule has 0 saturated heterocycles. The van der Waals surface area contributed by atoms with Gasteiger partial charge in [0.05, 0.1) is 0 Å². The highest BCUT2D eigenvalue weighted by Gasteiger charge is 2.44. The average molecular weight is 277 g/mol. The van der Waals surface area contributed by atoms with E-state index in [0.29, 0.717) is 6.04 Å².